The molecule has 2 rings (SSSR count). The molecule has 4 nitrogen and oxygen atoms in total. The zero-order valence-electron chi connectivity index (χ0n) is 11.8. The van der Waals surface area contributed by atoms with E-state index in [0.717, 1.165) is 12.1 Å². The minimum absolute atomic E-state index is 0.0403. The van der Waals surface area contributed by atoms with Crippen LogP contribution < -0.4 is 5.73 Å². The van der Waals surface area contributed by atoms with Crippen LogP contribution in [0.1, 0.15) is 31.0 Å². The molecule has 0 radical (unpaired) electrons. The molecule has 0 saturated carbocycles. The minimum atomic E-state index is -0.492. The van der Waals surface area contributed by atoms with Gasteiger partial charge in [0.2, 0.25) is 0 Å². The van der Waals surface area contributed by atoms with Gasteiger partial charge >= 0.3 is 0 Å². The van der Waals surface area contributed by atoms with Gasteiger partial charge in [0.25, 0.3) is 0 Å². The maximum absolute atomic E-state index is 13.5. The molecule has 1 aromatic carbocycles. The van der Waals surface area contributed by atoms with Gasteiger partial charge in [0.15, 0.2) is 0 Å². The highest BCUT2D eigenvalue weighted by atomic mass is 19.1. The molecule has 108 valence electrons. The second kappa shape index (κ2) is 6.31. The van der Waals surface area contributed by atoms with Crippen molar-refractivity contribution < 1.29 is 9.13 Å². The summed E-state index contributed by atoms with van der Waals surface area (Å²) in [5.74, 6) is -0.492. The van der Waals surface area contributed by atoms with Crippen molar-refractivity contribution in [3.8, 4) is 6.07 Å². The SMILES string of the molecule is CC(C)N1CCOC(CN)C1c1ccc(F)c(C#N)c1. The predicted molar refractivity (Wildman–Crippen MR) is 74.5 cm³/mol. The zero-order valence-corrected chi connectivity index (χ0v) is 11.8. The van der Waals surface area contributed by atoms with Crippen LogP contribution in [0.4, 0.5) is 4.39 Å². The van der Waals surface area contributed by atoms with Crippen LogP contribution >= 0.6 is 0 Å². The molecule has 2 unspecified atom stereocenters. The van der Waals surface area contributed by atoms with E-state index in [9.17, 15) is 4.39 Å². The number of benzene rings is 1. The van der Waals surface area contributed by atoms with Crippen molar-refractivity contribution in [2.45, 2.75) is 32.0 Å². The first-order chi connectivity index (χ1) is 9.58. The highest BCUT2D eigenvalue weighted by Crippen LogP contribution is 2.31. The van der Waals surface area contributed by atoms with E-state index < -0.39 is 5.82 Å². The summed E-state index contributed by atoms with van der Waals surface area (Å²) in [6.45, 7) is 6.06. The molecule has 1 saturated heterocycles. The van der Waals surface area contributed by atoms with Crippen LogP contribution in [0.15, 0.2) is 18.2 Å². The molecule has 1 fully saturated rings. The van der Waals surface area contributed by atoms with Gasteiger partial charge in [-0.2, -0.15) is 5.26 Å². The Bertz CT molecular complexity index is 512. The van der Waals surface area contributed by atoms with E-state index in [4.69, 9.17) is 15.7 Å². The summed E-state index contributed by atoms with van der Waals surface area (Å²) in [5.41, 5.74) is 6.75. The quantitative estimate of drug-likeness (QED) is 0.915. The Morgan fingerprint density at radius 3 is 2.90 bits per heavy atom. The second-order valence-corrected chi connectivity index (χ2v) is 5.27. The van der Waals surface area contributed by atoms with E-state index in [1.165, 1.54) is 6.07 Å². The number of nitrogens with zero attached hydrogens (tertiary/aromatic N) is 2. The molecule has 1 aliphatic heterocycles. The van der Waals surface area contributed by atoms with Gasteiger partial charge in [-0.1, -0.05) is 6.07 Å². The maximum atomic E-state index is 13.5. The first-order valence-corrected chi connectivity index (χ1v) is 6.85. The van der Waals surface area contributed by atoms with Crippen LogP contribution in [0.5, 0.6) is 0 Å². The fraction of sp³-hybridized carbons (Fsp3) is 0.533. The number of halogens is 1. The molecule has 2 N–H and O–H groups in total. The molecule has 1 heterocycles. The highest BCUT2D eigenvalue weighted by Gasteiger charge is 2.34. The fourth-order valence-corrected chi connectivity index (χ4v) is 2.75. The average Bonchev–Trinajstić information content (AvgIpc) is 2.46. The Kier molecular flexibility index (Phi) is 4.71. The van der Waals surface area contributed by atoms with E-state index >= 15 is 0 Å². The van der Waals surface area contributed by atoms with E-state index in [1.54, 1.807) is 12.1 Å². The van der Waals surface area contributed by atoms with Crippen LogP contribution in [0, 0.1) is 17.1 Å². The molecule has 1 aromatic rings. The van der Waals surface area contributed by atoms with Crippen molar-refractivity contribution >= 4 is 0 Å². The summed E-state index contributed by atoms with van der Waals surface area (Å²) in [6, 6.07) is 6.83. The van der Waals surface area contributed by atoms with Gasteiger partial charge in [-0.3, -0.25) is 4.90 Å². The Morgan fingerprint density at radius 1 is 1.55 bits per heavy atom. The van der Waals surface area contributed by atoms with Crippen molar-refractivity contribution in [3.63, 3.8) is 0 Å². The lowest BCUT2D eigenvalue weighted by atomic mass is 9.95. The maximum Gasteiger partial charge on any atom is 0.140 e. The standard InChI is InChI=1S/C15H20FN3O/c1-10(2)19-5-6-20-14(9-18)15(19)11-3-4-13(16)12(7-11)8-17/h3-4,7,10,14-15H,5-6,9,18H2,1-2H3. The smallest absolute Gasteiger partial charge is 0.140 e. The summed E-state index contributed by atoms with van der Waals surface area (Å²) < 4.78 is 19.2. The van der Waals surface area contributed by atoms with Crippen molar-refractivity contribution in [1.82, 2.24) is 4.90 Å². The van der Waals surface area contributed by atoms with Gasteiger partial charge in [-0.15, -0.1) is 0 Å². The summed E-state index contributed by atoms with van der Waals surface area (Å²) in [4.78, 5) is 2.29. The van der Waals surface area contributed by atoms with Crippen LogP contribution in [-0.4, -0.2) is 36.7 Å². The van der Waals surface area contributed by atoms with Crippen LogP contribution in [-0.2, 0) is 4.74 Å². The molecule has 20 heavy (non-hydrogen) atoms. The topological polar surface area (TPSA) is 62.3 Å². The van der Waals surface area contributed by atoms with Crippen LogP contribution in [0.3, 0.4) is 0 Å². The summed E-state index contributed by atoms with van der Waals surface area (Å²) in [6.07, 6.45) is -0.136. The molecular formula is C15H20FN3O. The number of ether oxygens (including phenoxy) is 1. The molecule has 2 atom stereocenters. The van der Waals surface area contributed by atoms with E-state index in [1.807, 2.05) is 6.07 Å². The summed E-state index contributed by atoms with van der Waals surface area (Å²) in [5, 5.41) is 8.98. The van der Waals surface area contributed by atoms with Crippen molar-refractivity contribution in [3.05, 3.63) is 35.1 Å². The fourth-order valence-electron chi connectivity index (χ4n) is 2.75. The molecule has 0 aliphatic carbocycles. The molecule has 0 aromatic heterocycles. The normalized spacial score (nSPS) is 23.8. The zero-order chi connectivity index (χ0) is 14.7. The summed E-state index contributed by atoms with van der Waals surface area (Å²) in [7, 11) is 0. The number of nitriles is 1. The van der Waals surface area contributed by atoms with Crippen molar-refractivity contribution in [1.29, 1.82) is 5.26 Å². The van der Waals surface area contributed by atoms with Gasteiger partial charge in [-0.05, 0) is 31.5 Å². The van der Waals surface area contributed by atoms with Crippen molar-refractivity contribution in [2.75, 3.05) is 19.7 Å². The van der Waals surface area contributed by atoms with E-state index in [2.05, 4.69) is 18.7 Å². The Balaban J connectivity index is 2.41. The molecule has 0 bridgehead atoms. The second-order valence-electron chi connectivity index (χ2n) is 5.27. The third kappa shape index (κ3) is 2.83. The van der Waals surface area contributed by atoms with Gasteiger partial charge in [0.1, 0.15) is 11.9 Å². The number of hydrogen-bond donors (Lipinski definition) is 1. The Hall–Kier alpha value is -1.48. The predicted octanol–water partition coefficient (Wildman–Crippen LogP) is 1.81. The van der Waals surface area contributed by atoms with Crippen LogP contribution in [0.2, 0.25) is 0 Å². The molecular weight excluding hydrogens is 257 g/mol. The largest absolute Gasteiger partial charge is 0.374 e. The van der Waals surface area contributed by atoms with E-state index in [-0.39, 0.29) is 17.7 Å². The number of hydrogen-bond acceptors (Lipinski definition) is 4. The number of morpholine rings is 1. The van der Waals surface area contributed by atoms with Gasteiger partial charge in [0.05, 0.1) is 24.3 Å². The monoisotopic (exact) mass is 277 g/mol. The molecule has 0 amide bonds. The average molecular weight is 277 g/mol. The third-order valence-electron chi connectivity index (χ3n) is 3.74. The number of nitrogens with two attached hydrogens (primary N) is 1. The molecule has 5 heteroatoms. The molecule has 1 aliphatic rings. The first-order valence-electron chi connectivity index (χ1n) is 6.85. The first kappa shape index (κ1) is 14.9. The Morgan fingerprint density at radius 2 is 2.30 bits per heavy atom. The number of rotatable bonds is 3. The minimum Gasteiger partial charge on any atom is -0.374 e. The van der Waals surface area contributed by atoms with E-state index in [0.29, 0.717) is 19.2 Å². The Labute approximate surface area is 118 Å². The van der Waals surface area contributed by atoms with Gasteiger partial charge < -0.3 is 10.5 Å². The van der Waals surface area contributed by atoms with Gasteiger partial charge in [0, 0.05) is 19.1 Å². The summed E-state index contributed by atoms with van der Waals surface area (Å²) >= 11 is 0. The van der Waals surface area contributed by atoms with Crippen LogP contribution in [0.25, 0.3) is 0 Å². The highest BCUT2D eigenvalue weighted by molar-refractivity contribution is 5.36. The lowest BCUT2D eigenvalue weighted by Gasteiger charge is -2.43. The van der Waals surface area contributed by atoms with Gasteiger partial charge in [-0.25, -0.2) is 4.39 Å². The lowest BCUT2D eigenvalue weighted by molar-refractivity contribution is -0.0789. The third-order valence-corrected chi connectivity index (χ3v) is 3.74. The molecule has 0 spiro atoms. The lowest BCUT2D eigenvalue weighted by Crippen LogP contribution is -2.50. The van der Waals surface area contributed by atoms with Crippen molar-refractivity contribution in [2.24, 2.45) is 5.73 Å².